The van der Waals surface area contributed by atoms with Crippen LogP contribution in [0.3, 0.4) is 0 Å². The van der Waals surface area contributed by atoms with E-state index in [0.29, 0.717) is 5.41 Å². The summed E-state index contributed by atoms with van der Waals surface area (Å²) < 4.78 is 5.17. The lowest BCUT2D eigenvalue weighted by Gasteiger charge is -2.58. The minimum absolute atomic E-state index is 0.134. The Balaban J connectivity index is 1.47. The van der Waals surface area contributed by atoms with Gasteiger partial charge in [0.05, 0.1) is 0 Å². The number of carboxylic acid groups (broad SMARTS) is 1. The van der Waals surface area contributed by atoms with Gasteiger partial charge in [0.2, 0.25) is 0 Å². The molecule has 1 N–H and O–H groups in total. The van der Waals surface area contributed by atoms with Gasteiger partial charge in [-0.05, 0) is 91.3 Å². The molecule has 0 aromatic heterocycles. The molecule has 0 radical (unpaired) electrons. The van der Waals surface area contributed by atoms with Crippen LogP contribution in [0.15, 0.2) is 11.6 Å². The minimum atomic E-state index is -1.11. The number of ether oxygens (including phenoxy) is 1. The molecule has 31 heavy (non-hydrogen) atoms. The van der Waals surface area contributed by atoms with E-state index in [1.54, 1.807) is 0 Å². The fourth-order valence-corrected chi connectivity index (χ4v) is 8.90. The van der Waals surface area contributed by atoms with Gasteiger partial charge in [-0.25, -0.2) is 4.79 Å². The van der Waals surface area contributed by atoms with Gasteiger partial charge in [0, 0.05) is 6.42 Å². The molecule has 3 saturated carbocycles. The molecule has 0 bridgehead atoms. The molecular formula is C28H46O3. The highest BCUT2D eigenvalue weighted by Gasteiger charge is 2.59. The fraction of sp³-hybridized carbons (Fsp3) is 0.893. The highest BCUT2D eigenvalue weighted by Crippen LogP contribution is 2.67. The maximum Gasteiger partial charge on any atom is 0.506 e. The fourth-order valence-electron chi connectivity index (χ4n) is 8.90. The maximum absolute atomic E-state index is 11.0. The van der Waals surface area contributed by atoms with Gasteiger partial charge in [0.25, 0.3) is 0 Å². The molecule has 0 amide bonds. The lowest BCUT2D eigenvalue weighted by atomic mass is 9.47. The maximum atomic E-state index is 11.0. The molecule has 8 atom stereocenters. The first-order chi connectivity index (χ1) is 14.6. The summed E-state index contributed by atoms with van der Waals surface area (Å²) in [4.78, 5) is 11.0. The Morgan fingerprint density at radius 3 is 2.58 bits per heavy atom. The Bertz CT molecular complexity index is 696. The van der Waals surface area contributed by atoms with Crippen molar-refractivity contribution in [3.8, 4) is 0 Å². The van der Waals surface area contributed by atoms with E-state index < -0.39 is 6.16 Å². The standard InChI is InChI=1S/C28H46O3/c1-18(2)7-6-8-19(3)23-11-12-24-22-10-9-20-17-21(31-26(29)30)13-15-27(20,4)25(22)14-16-28(23,24)5/h9,18-19,21-25H,6-8,10-17H2,1-5H3,(H,29,30)/t19-,21?,22+,23-,24+,25+,27+,28-/m1/s1. The zero-order valence-corrected chi connectivity index (χ0v) is 20.7. The van der Waals surface area contributed by atoms with E-state index in [2.05, 4.69) is 40.7 Å². The van der Waals surface area contributed by atoms with Gasteiger partial charge in [0.1, 0.15) is 6.10 Å². The molecule has 3 heteroatoms. The molecule has 3 nitrogen and oxygen atoms in total. The summed E-state index contributed by atoms with van der Waals surface area (Å²) in [6, 6.07) is 0. The predicted octanol–water partition coefficient (Wildman–Crippen LogP) is 8.09. The third-order valence-electron chi connectivity index (χ3n) is 10.5. The predicted molar refractivity (Wildman–Crippen MR) is 126 cm³/mol. The summed E-state index contributed by atoms with van der Waals surface area (Å²) >= 11 is 0. The van der Waals surface area contributed by atoms with Crippen LogP contribution < -0.4 is 0 Å². The third kappa shape index (κ3) is 4.20. The first kappa shape index (κ1) is 23.2. The monoisotopic (exact) mass is 430 g/mol. The van der Waals surface area contributed by atoms with Crippen LogP contribution in [0.4, 0.5) is 4.79 Å². The van der Waals surface area contributed by atoms with Crippen LogP contribution >= 0.6 is 0 Å². The van der Waals surface area contributed by atoms with Crippen molar-refractivity contribution < 1.29 is 14.6 Å². The molecule has 0 aromatic carbocycles. The van der Waals surface area contributed by atoms with Crippen molar-refractivity contribution >= 4 is 6.16 Å². The minimum Gasteiger partial charge on any atom is -0.450 e. The Hall–Kier alpha value is -0.990. The van der Waals surface area contributed by atoms with Crippen molar-refractivity contribution in [2.45, 2.75) is 111 Å². The van der Waals surface area contributed by atoms with Gasteiger partial charge >= 0.3 is 6.16 Å². The number of hydrogen-bond donors (Lipinski definition) is 1. The van der Waals surface area contributed by atoms with Crippen molar-refractivity contribution in [2.24, 2.45) is 46.3 Å². The molecule has 0 saturated heterocycles. The normalized spacial score (nSPS) is 42.9. The highest BCUT2D eigenvalue weighted by molar-refractivity contribution is 5.57. The summed E-state index contributed by atoms with van der Waals surface area (Å²) in [5.41, 5.74) is 2.30. The van der Waals surface area contributed by atoms with E-state index in [1.165, 1.54) is 56.9 Å². The molecule has 3 fully saturated rings. The van der Waals surface area contributed by atoms with E-state index in [4.69, 9.17) is 9.84 Å². The first-order valence-corrected chi connectivity index (χ1v) is 13.2. The Morgan fingerprint density at radius 1 is 1.10 bits per heavy atom. The summed E-state index contributed by atoms with van der Waals surface area (Å²) in [5, 5.41) is 9.05. The van der Waals surface area contributed by atoms with Gasteiger partial charge < -0.3 is 9.84 Å². The van der Waals surface area contributed by atoms with Crippen molar-refractivity contribution in [3.63, 3.8) is 0 Å². The van der Waals surface area contributed by atoms with Crippen LogP contribution in [-0.2, 0) is 4.74 Å². The van der Waals surface area contributed by atoms with Crippen LogP contribution in [0.2, 0.25) is 0 Å². The van der Waals surface area contributed by atoms with Crippen LogP contribution in [0.5, 0.6) is 0 Å². The smallest absolute Gasteiger partial charge is 0.450 e. The van der Waals surface area contributed by atoms with Gasteiger partial charge in [0.15, 0.2) is 0 Å². The molecule has 0 aromatic rings. The quantitative estimate of drug-likeness (QED) is 0.342. The Kier molecular flexibility index (Phi) is 6.54. The van der Waals surface area contributed by atoms with E-state index in [1.807, 2.05) is 0 Å². The summed E-state index contributed by atoms with van der Waals surface area (Å²) in [5.74, 6) is 5.09. The van der Waals surface area contributed by atoms with Crippen LogP contribution in [0.1, 0.15) is 105 Å². The molecule has 4 aliphatic carbocycles. The topological polar surface area (TPSA) is 46.5 Å². The van der Waals surface area contributed by atoms with E-state index in [-0.39, 0.29) is 11.5 Å². The molecule has 4 rings (SSSR count). The summed E-state index contributed by atoms with van der Waals surface area (Å²) in [7, 11) is 0. The summed E-state index contributed by atoms with van der Waals surface area (Å²) in [6.45, 7) is 12.4. The van der Waals surface area contributed by atoms with Crippen LogP contribution in [-0.4, -0.2) is 17.4 Å². The average Bonchev–Trinajstić information content (AvgIpc) is 3.05. The van der Waals surface area contributed by atoms with Gasteiger partial charge in [-0.15, -0.1) is 0 Å². The first-order valence-electron chi connectivity index (χ1n) is 13.2. The Labute approximate surface area is 190 Å². The number of fused-ring (bicyclic) bond motifs is 5. The van der Waals surface area contributed by atoms with Crippen molar-refractivity contribution in [3.05, 3.63) is 11.6 Å². The summed E-state index contributed by atoms with van der Waals surface area (Å²) in [6.07, 6.45) is 15.1. The zero-order valence-electron chi connectivity index (χ0n) is 20.7. The average molecular weight is 431 g/mol. The van der Waals surface area contributed by atoms with Crippen molar-refractivity contribution in [1.82, 2.24) is 0 Å². The molecule has 4 aliphatic rings. The SMILES string of the molecule is CC(C)CCC[C@@H](C)[C@H]1CC[C@H]2[C@@H]3CC=C4CC(OC(=O)O)CC[C@]4(C)[C@H]3CC[C@]12C. The molecule has 0 spiro atoms. The number of hydrogen-bond acceptors (Lipinski definition) is 2. The number of rotatable bonds is 6. The lowest BCUT2D eigenvalue weighted by molar-refractivity contribution is -0.0601. The Morgan fingerprint density at radius 2 is 1.87 bits per heavy atom. The second-order valence-corrected chi connectivity index (χ2v) is 12.5. The van der Waals surface area contributed by atoms with Crippen molar-refractivity contribution in [2.75, 3.05) is 0 Å². The molecular weight excluding hydrogens is 384 g/mol. The second kappa shape index (κ2) is 8.75. The van der Waals surface area contributed by atoms with E-state index in [0.717, 1.165) is 54.8 Å². The molecule has 1 unspecified atom stereocenters. The molecule has 176 valence electrons. The van der Waals surface area contributed by atoms with Gasteiger partial charge in [-0.2, -0.15) is 0 Å². The number of allylic oxidation sites excluding steroid dienone is 1. The van der Waals surface area contributed by atoms with Gasteiger partial charge in [-0.1, -0.05) is 65.5 Å². The largest absolute Gasteiger partial charge is 0.506 e. The zero-order chi connectivity index (χ0) is 22.4. The molecule has 0 heterocycles. The van der Waals surface area contributed by atoms with E-state index in [9.17, 15) is 4.79 Å². The number of carbonyl (C=O) groups is 1. The second-order valence-electron chi connectivity index (χ2n) is 12.5. The third-order valence-corrected chi connectivity index (χ3v) is 10.5. The molecule has 0 aliphatic heterocycles. The van der Waals surface area contributed by atoms with Crippen LogP contribution in [0.25, 0.3) is 0 Å². The van der Waals surface area contributed by atoms with Crippen LogP contribution in [0, 0.1) is 46.3 Å². The highest BCUT2D eigenvalue weighted by atomic mass is 16.7. The lowest BCUT2D eigenvalue weighted by Crippen LogP contribution is -2.51. The van der Waals surface area contributed by atoms with E-state index >= 15 is 0 Å². The van der Waals surface area contributed by atoms with Gasteiger partial charge in [-0.3, -0.25) is 0 Å². The van der Waals surface area contributed by atoms with Crippen molar-refractivity contribution in [1.29, 1.82) is 0 Å².